The molecule has 12 rings (SSSR count). The number of fused-ring (bicyclic) bond motifs is 8. The summed E-state index contributed by atoms with van der Waals surface area (Å²) in [4.78, 5) is 2.37. The second kappa shape index (κ2) is 14.1. The van der Waals surface area contributed by atoms with Crippen molar-refractivity contribution in [2.45, 2.75) is 19.3 Å². The maximum absolute atomic E-state index is 6.50. The molecule has 1 aliphatic rings. The number of hydrogen-bond acceptors (Lipinski definition) is 2. The lowest BCUT2D eigenvalue weighted by molar-refractivity contribution is 0.660. The summed E-state index contributed by atoms with van der Waals surface area (Å²) in [6.07, 6.45) is 0. The zero-order chi connectivity index (χ0) is 41.4. The minimum atomic E-state index is -0.220. The van der Waals surface area contributed by atoms with Gasteiger partial charge >= 0.3 is 0 Å². The van der Waals surface area contributed by atoms with Crippen LogP contribution in [-0.4, -0.2) is 4.57 Å². The summed E-state index contributed by atoms with van der Waals surface area (Å²) in [6, 6.07) is 79.0. The Labute approximate surface area is 361 Å². The Morgan fingerprint density at radius 3 is 1.60 bits per heavy atom. The van der Waals surface area contributed by atoms with Crippen LogP contribution in [0.5, 0.6) is 0 Å². The standard InChI is InChI=1S/C59H42N2O/c1-59(2)53-37-44(28-34-49(53)50-35-33-48(38-54(50)59)61-55-22-11-9-20-51(55)58-57(61)52-21-10-12-23-56(52)62-58)43-18-13-19-47(36-43)60(45-29-24-41(25-30-45)39-14-5-3-6-15-39)46-31-26-42(27-32-46)40-16-7-4-8-17-40/h3-38H,1-2H3. The molecule has 3 heteroatoms. The van der Waals surface area contributed by atoms with Crippen molar-refractivity contribution >= 4 is 50.0 Å². The van der Waals surface area contributed by atoms with Crippen LogP contribution in [0.4, 0.5) is 17.1 Å². The molecule has 0 aliphatic heterocycles. The molecule has 1 aliphatic carbocycles. The first-order valence-electron chi connectivity index (χ1n) is 21.4. The van der Waals surface area contributed by atoms with Gasteiger partial charge in [0, 0.05) is 38.9 Å². The highest BCUT2D eigenvalue weighted by molar-refractivity contribution is 6.16. The van der Waals surface area contributed by atoms with Crippen molar-refractivity contribution in [1.29, 1.82) is 0 Å². The molecule has 0 radical (unpaired) electrons. The van der Waals surface area contributed by atoms with Crippen molar-refractivity contribution in [2.75, 3.05) is 4.90 Å². The van der Waals surface area contributed by atoms with E-state index >= 15 is 0 Å². The van der Waals surface area contributed by atoms with E-state index in [0.29, 0.717) is 0 Å². The molecule has 11 aromatic rings. The van der Waals surface area contributed by atoms with Crippen molar-refractivity contribution in [3.63, 3.8) is 0 Å². The van der Waals surface area contributed by atoms with E-state index in [0.717, 1.165) is 55.7 Å². The molecule has 2 heterocycles. The highest BCUT2D eigenvalue weighted by atomic mass is 16.3. The monoisotopic (exact) mass is 794 g/mol. The SMILES string of the molecule is CC1(C)c2cc(-c3cccc(N(c4ccc(-c5ccccc5)cc4)c4ccc(-c5ccccc5)cc4)c3)ccc2-c2ccc(-n3c4ccccc4c4oc5ccccc5c43)cc21. The van der Waals surface area contributed by atoms with Crippen molar-refractivity contribution < 1.29 is 4.42 Å². The van der Waals surface area contributed by atoms with Gasteiger partial charge in [-0.15, -0.1) is 0 Å². The van der Waals surface area contributed by atoms with Crippen LogP contribution in [0.3, 0.4) is 0 Å². The molecular weight excluding hydrogens is 753 g/mol. The molecule has 9 aromatic carbocycles. The van der Waals surface area contributed by atoms with Gasteiger partial charge in [0.05, 0.1) is 5.52 Å². The number of para-hydroxylation sites is 2. The van der Waals surface area contributed by atoms with Crippen molar-refractivity contribution in [3.8, 4) is 50.2 Å². The van der Waals surface area contributed by atoms with Crippen LogP contribution < -0.4 is 4.90 Å². The number of anilines is 3. The average Bonchev–Trinajstić information content (AvgIpc) is 3.94. The van der Waals surface area contributed by atoms with Crippen LogP contribution in [0.1, 0.15) is 25.0 Å². The summed E-state index contributed by atoms with van der Waals surface area (Å²) in [5, 5.41) is 2.25. The van der Waals surface area contributed by atoms with Crippen LogP contribution >= 0.6 is 0 Å². The van der Waals surface area contributed by atoms with Crippen molar-refractivity contribution in [3.05, 3.63) is 230 Å². The van der Waals surface area contributed by atoms with Crippen LogP contribution in [-0.2, 0) is 5.41 Å². The van der Waals surface area contributed by atoms with E-state index in [1.54, 1.807) is 0 Å². The predicted octanol–water partition coefficient (Wildman–Crippen LogP) is 16.3. The van der Waals surface area contributed by atoms with Gasteiger partial charge in [0.25, 0.3) is 0 Å². The lowest BCUT2D eigenvalue weighted by Gasteiger charge is -2.27. The second-order valence-corrected chi connectivity index (χ2v) is 17.0. The van der Waals surface area contributed by atoms with Gasteiger partial charge in [-0.2, -0.15) is 0 Å². The summed E-state index contributed by atoms with van der Waals surface area (Å²) >= 11 is 0. The Bertz CT molecular complexity index is 3380. The molecule has 0 amide bonds. The minimum Gasteiger partial charge on any atom is -0.454 e. The molecule has 0 saturated carbocycles. The molecule has 0 unspecified atom stereocenters. The Morgan fingerprint density at radius 1 is 0.403 bits per heavy atom. The third-order valence-electron chi connectivity index (χ3n) is 13.0. The molecule has 0 fully saturated rings. The van der Waals surface area contributed by atoms with E-state index in [4.69, 9.17) is 4.42 Å². The summed E-state index contributed by atoms with van der Waals surface area (Å²) in [5.41, 5.74) is 20.8. The van der Waals surface area contributed by atoms with Crippen LogP contribution in [0, 0.1) is 0 Å². The maximum atomic E-state index is 6.50. The third-order valence-corrected chi connectivity index (χ3v) is 13.0. The van der Waals surface area contributed by atoms with Gasteiger partial charge in [0.2, 0.25) is 0 Å². The highest BCUT2D eigenvalue weighted by Gasteiger charge is 2.36. The molecule has 294 valence electrons. The van der Waals surface area contributed by atoms with Gasteiger partial charge in [-0.05, 0) is 134 Å². The first-order chi connectivity index (χ1) is 30.5. The van der Waals surface area contributed by atoms with Crippen LogP contribution in [0.2, 0.25) is 0 Å². The number of furan rings is 1. The summed E-state index contributed by atoms with van der Waals surface area (Å²) < 4.78 is 8.89. The van der Waals surface area contributed by atoms with Gasteiger partial charge in [-0.1, -0.05) is 153 Å². The van der Waals surface area contributed by atoms with E-state index < -0.39 is 0 Å². The zero-order valence-electron chi connectivity index (χ0n) is 34.6. The van der Waals surface area contributed by atoms with Gasteiger partial charge in [-0.3, -0.25) is 0 Å². The first-order valence-corrected chi connectivity index (χ1v) is 21.4. The van der Waals surface area contributed by atoms with E-state index in [1.165, 1.54) is 55.6 Å². The van der Waals surface area contributed by atoms with Gasteiger partial charge < -0.3 is 13.9 Å². The predicted molar refractivity (Wildman–Crippen MR) is 259 cm³/mol. The molecule has 3 nitrogen and oxygen atoms in total. The lowest BCUT2D eigenvalue weighted by Crippen LogP contribution is -2.15. The number of aromatic nitrogens is 1. The van der Waals surface area contributed by atoms with E-state index in [2.05, 4.69) is 236 Å². The fourth-order valence-electron chi connectivity index (χ4n) is 9.87. The number of nitrogens with zero attached hydrogens (tertiary/aromatic N) is 2. The molecule has 0 bridgehead atoms. The zero-order valence-corrected chi connectivity index (χ0v) is 34.6. The molecular formula is C59H42N2O. The number of hydrogen-bond donors (Lipinski definition) is 0. The highest BCUT2D eigenvalue weighted by Crippen LogP contribution is 2.51. The molecule has 0 saturated heterocycles. The first kappa shape index (κ1) is 36.0. The Balaban J connectivity index is 0.929. The Hall–Kier alpha value is -7.88. The minimum absolute atomic E-state index is 0.220. The van der Waals surface area contributed by atoms with Gasteiger partial charge in [0.1, 0.15) is 11.1 Å². The maximum Gasteiger partial charge on any atom is 0.161 e. The molecule has 0 spiro atoms. The average molecular weight is 795 g/mol. The normalized spacial score (nSPS) is 12.8. The molecule has 62 heavy (non-hydrogen) atoms. The van der Waals surface area contributed by atoms with Crippen molar-refractivity contribution in [2.24, 2.45) is 0 Å². The van der Waals surface area contributed by atoms with E-state index in [-0.39, 0.29) is 5.41 Å². The lowest BCUT2D eigenvalue weighted by atomic mass is 9.81. The number of benzene rings is 9. The Kier molecular flexibility index (Phi) is 8.20. The third kappa shape index (κ3) is 5.73. The molecule has 0 atom stereocenters. The summed E-state index contributed by atoms with van der Waals surface area (Å²) in [5.74, 6) is 0. The topological polar surface area (TPSA) is 21.3 Å². The van der Waals surface area contributed by atoms with Crippen LogP contribution in [0.25, 0.3) is 83.2 Å². The number of rotatable bonds is 7. The van der Waals surface area contributed by atoms with Crippen molar-refractivity contribution in [1.82, 2.24) is 4.57 Å². The molecule has 0 N–H and O–H groups in total. The molecule has 2 aromatic heterocycles. The quantitative estimate of drug-likeness (QED) is 0.160. The van der Waals surface area contributed by atoms with E-state index in [9.17, 15) is 0 Å². The summed E-state index contributed by atoms with van der Waals surface area (Å²) in [6.45, 7) is 4.75. The smallest absolute Gasteiger partial charge is 0.161 e. The van der Waals surface area contributed by atoms with Gasteiger partial charge in [-0.25, -0.2) is 0 Å². The second-order valence-electron chi connectivity index (χ2n) is 17.0. The fourth-order valence-corrected chi connectivity index (χ4v) is 9.87. The van der Waals surface area contributed by atoms with E-state index in [1.807, 2.05) is 6.07 Å². The largest absolute Gasteiger partial charge is 0.454 e. The summed E-state index contributed by atoms with van der Waals surface area (Å²) in [7, 11) is 0. The van der Waals surface area contributed by atoms with Gasteiger partial charge in [0.15, 0.2) is 5.58 Å². The Morgan fingerprint density at radius 2 is 0.919 bits per heavy atom. The van der Waals surface area contributed by atoms with Crippen LogP contribution in [0.15, 0.2) is 223 Å². The fraction of sp³-hybridized carbons (Fsp3) is 0.0508.